The smallest absolute Gasteiger partial charge is 0.227 e. The first kappa shape index (κ1) is 12.9. The summed E-state index contributed by atoms with van der Waals surface area (Å²) in [6.07, 6.45) is 1.54. The molecule has 1 aliphatic heterocycles. The molecular formula is C14H20N2O2. The summed E-state index contributed by atoms with van der Waals surface area (Å²) in [5, 5.41) is 15.4. The van der Waals surface area contributed by atoms with E-state index in [0.29, 0.717) is 0 Å². The molecule has 0 spiro atoms. The van der Waals surface area contributed by atoms with Gasteiger partial charge in [0.25, 0.3) is 0 Å². The van der Waals surface area contributed by atoms with Crippen LogP contribution < -0.4 is 10.6 Å². The number of nitrogens with one attached hydrogen (secondary N) is 2. The predicted molar refractivity (Wildman–Crippen MR) is 71.6 cm³/mol. The molecular weight excluding hydrogens is 228 g/mol. The topological polar surface area (TPSA) is 61.4 Å². The minimum Gasteiger partial charge on any atom is -0.394 e. The molecule has 0 saturated carbocycles. The normalized spacial score (nSPS) is 19.6. The summed E-state index contributed by atoms with van der Waals surface area (Å²) in [6.45, 7) is 2.76. The van der Waals surface area contributed by atoms with Crippen LogP contribution >= 0.6 is 0 Å². The van der Waals surface area contributed by atoms with Crippen molar-refractivity contribution >= 4 is 11.6 Å². The lowest BCUT2D eigenvalue weighted by Crippen LogP contribution is -2.41. The van der Waals surface area contributed by atoms with Crippen molar-refractivity contribution in [2.45, 2.75) is 31.7 Å². The third-order valence-corrected chi connectivity index (χ3v) is 3.46. The van der Waals surface area contributed by atoms with Crippen LogP contribution in [0.5, 0.6) is 0 Å². The lowest BCUT2D eigenvalue weighted by molar-refractivity contribution is -0.123. The lowest BCUT2D eigenvalue weighted by Gasteiger charge is -2.27. The van der Waals surface area contributed by atoms with E-state index in [2.05, 4.69) is 10.6 Å². The Kier molecular flexibility index (Phi) is 4.20. The van der Waals surface area contributed by atoms with Crippen molar-refractivity contribution in [2.24, 2.45) is 0 Å². The molecule has 1 aliphatic rings. The molecule has 0 aromatic heterocycles. The largest absolute Gasteiger partial charge is 0.394 e. The van der Waals surface area contributed by atoms with E-state index in [9.17, 15) is 4.79 Å². The molecule has 2 atom stereocenters. The van der Waals surface area contributed by atoms with Crippen LogP contribution in [0.3, 0.4) is 0 Å². The molecule has 0 saturated heterocycles. The van der Waals surface area contributed by atoms with Crippen LogP contribution in [-0.4, -0.2) is 30.2 Å². The first-order valence-electron chi connectivity index (χ1n) is 6.50. The Labute approximate surface area is 107 Å². The van der Waals surface area contributed by atoms with Gasteiger partial charge in [0.1, 0.15) is 0 Å². The van der Waals surface area contributed by atoms with Gasteiger partial charge in [0, 0.05) is 12.2 Å². The Morgan fingerprint density at radius 1 is 1.56 bits per heavy atom. The quantitative estimate of drug-likeness (QED) is 0.756. The fourth-order valence-electron chi connectivity index (χ4n) is 2.32. The first-order chi connectivity index (χ1) is 8.76. The zero-order chi connectivity index (χ0) is 13.0. The maximum absolute atomic E-state index is 12.2. The molecule has 0 aliphatic carbocycles. The van der Waals surface area contributed by atoms with E-state index in [4.69, 9.17) is 5.11 Å². The van der Waals surface area contributed by atoms with Crippen molar-refractivity contribution in [3.8, 4) is 0 Å². The molecule has 98 valence electrons. The van der Waals surface area contributed by atoms with Gasteiger partial charge in [0.2, 0.25) is 5.91 Å². The van der Waals surface area contributed by atoms with E-state index >= 15 is 0 Å². The fourth-order valence-corrected chi connectivity index (χ4v) is 2.32. The average molecular weight is 248 g/mol. The van der Waals surface area contributed by atoms with Gasteiger partial charge in [-0.15, -0.1) is 0 Å². The Hall–Kier alpha value is -1.55. The second-order valence-electron chi connectivity index (χ2n) is 4.65. The number of benzene rings is 1. The SMILES string of the molecule is CC[C@H](CO)NC(=O)C1CCNc2ccccc21. The molecule has 1 amide bonds. The van der Waals surface area contributed by atoms with Gasteiger partial charge in [-0.25, -0.2) is 0 Å². The van der Waals surface area contributed by atoms with Crippen LogP contribution in [-0.2, 0) is 4.79 Å². The molecule has 18 heavy (non-hydrogen) atoms. The van der Waals surface area contributed by atoms with Gasteiger partial charge in [-0.2, -0.15) is 0 Å². The van der Waals surface area contributed by atoms with Crippen molar-refractivity contribution in [1.29, 1.82) is 0 Å². The first-order valence-corrected chi connectivity index (χ1v) is 6.50. The van der Waals surface area contributed by atoms with E-state index in [1.54, 1.807) is 0 Å². The van der Waals surface area contributed by atoms with Crippen LogP contribution in [0.1, 0.15) is 31.2 Å². The Morgan fingerprint density at radius 2 is 2.33 bits per heavy atom. The van der Waals surface area contributed by atoms with Crippen LogP contribution in [0.15, 0.2) is 24.3 Å². The predicted octanol–water partition coefficient (Wildman–Crippen LogP) is 1.47. The summed E-state index contributed by atoms with van der Waals surface area (Å²) >= 11 is 0. The fraction of sp³-hybridized carbons (Fsp3) is 0.500. The van der Waals surface area contributed by atoms with Gasteiger partial charge in [0.15, 0.2) is 0 Å². The third-order valence-electron chi connectivity index (χ3n) is 3.46. The maximum Gasteiger partial charge on any atom is 0.227 e. The summed E-state index contributed by atoms with van der Waals surface area (Å²) in [7, 11) is 0. The van der Waals surface area contributed by atoms with Crippen molar-refractivity contribution in [1.82, 2.24) is 5.32 Å². The number of hydrogen-bond donors (Lipinski definition) is 3. The molecule has 0 radical (unpaired) electrons. The van der Waals surface area contributed by atoms with Gasteiger partial charge in [0.05, 0.1) is 18.6 Å². The number of carbonyl (C=O) groups excluding carboxylic acids is 1. The Morgan fingerprint density at radius 3 is 3.06 bits per heavy atom. The number of hydrogen-bond acceptors (Lipinski definition) is 3. The third kappa shape index (κ3) is 2.64. The van der Waals surface area contributed by atoms with Gasteiger partial charge >= 0.3 is 0 Å². The highest BCUT2D eigenvalue weighted by Crippen LogP contribution is 2.31. The highest BCUT2D eigenvalue weighted by molar-refractivity contribution is 5.86. The zero-order valence-corrected chi connectivity index (χ0v) is 10.6. The van der Waals surface area contributed by atoms with Gasteiger partial charge in [-0.05, 0) is 24.5 Å². The second-order valence-corrected chi connectivity index (χ2v) is 4.65. The minimum absolute atomic E-state index is 0.00510. The molecule has 1 unspecified atom stereocenters. The van der Waals surface area contributed by atoms with Crippen molar-refractivity contribution in [3.63, 3.8) is 0 Å². The molecule has 1 aromatic carbocycles. The number of aliphatic hydroxyl groups is 1. The van der Waals surface area contributed by atoms with Crippen LogP contribution in [0.2, 0.25) is 0 Å². The summed E-state index contributed by atoms with van der Waals surface area (Å²) in [5.41, 5.74) is 2.09. The van der Waals surface area contributed by atoms with E-state index in [1.807, 2.05) is 31.2 Å². The number of para-hydroxylation sites is 1. The van der Waals surface area contributed by atoms with Gasteiger partial charge in [-0.3, -0.25) is 4.79 Å². The molecule has 4 heteroatoms. The summed E-state index contributed by atoms with van der Waals surface area (Å²) in [4.78, 5) is 12.2. The summed E-state index contributed by atoms with van der Waals surface area (Å²) in [5.74, 6) is -0.0899. The zero-order valence-electron chi connectivity index (χ0n) is 10.6. The number of amides is 1. The molecule has 0 fully saturated rings. The van der Waals surface area contributed by atoms with E-state index in [-0.39, 0.29) is 24.5 Å². The molecule has 3 N–H and O–H groups in total. The number of anilines is 1. The van der Waals surface area contributed by atoms with E-state index in [1.165, 1.54) is 0 Å². The standard InChI is InChI=1S/C14H20N2O2/c1-2-10(9-17)16-14(18)12-7-8-15-13-6-4-3-5-11(12)13/h3-6,10,12,15,17H,2,7-9H2,1H3,(H,16,18)/t10-,12?/m1/s1. The van der Waals surface area contributed by atoms with Gasteiger partial charge < -0.3 is 15.7 Å². The Balaban J connectivity index is 2.12. The molecule has 2 rings (SSSR count). The summed E-state index contributed by atoms with van der Waals surface area (Å²) < 4.78 is 0. The molecule has 1 aromatic rings. The maximum atomic E-state index is 12.2. The van der Waals surface area contributed by atoms with Crippen LogP contribution in [0, 0.1) is 0 Å². The van der Waals surface area contributed by atoms with Gasteiger partial charge in [-0.1, -0.05) is 25.1 Å². The van der Waals surface area contributed by atoms with Crippen molar-refractivity contribution in [2.75, 3.05) is 18.5 Å². The van der Waals surface area contributed by atoms with Crippen molar-refractivity contribution < 1.29 is 9.90 Å². The molecule has 0 bridgehead atoms. The van der Waals surface area contributed by atoms with Crippen LogP contribution in [0.4, 0.5) is 5.69 Å². The van der Waals surface area contributed by atoms with Crippen LogP contribution in [0.25, 0.3) is 0 Å². The summed E-state index contributed by atoms with van der Waals surface area (Å²) in [6, 6.07) is 7.77. The lowest BCUT2D eigenvalue weighted by atomic mass is 9.90. The monoisotopic (exact) mass is 248 g/mol. The van der Waals surface area contributed by atoms with E-state index < -0.39 is 0 Å². The number of carbonyl (C=O) groups is 1. The average Bonchev–Trinajstić information content (AvgIpc) is 2.43. The molecule has 1 heterocycles. The molecule has 4 nitrogen and oxygen atoms in total. The Bertz CT molecular complexity index is 416. The highest BCUT2D eigenvalue weighted by atomic mass is 16.3. The second kappa shape index (κ2) is 5.87. The number of rotatable bonds is 4. The number of aliphatic hydroxyl groups excluding tert-OH is 1. The van der Waals surface area contributed by atoms with E-state index in [0.717, 1.165) is 30.6 Å². The highest BCUT2D eigenvalue weighted by Gasteiger charge is 2.27. The minimum atomic E-state index is -0.139. The van der Waals surface area contributed by atoms with Crippen molar-refractivity contribution in [3.05, 3.63) is 29.8 Å². The number of fused-ring (bicyclic) bond motifs is 1.